The molecule has 1 aromatic heterocycles. The molecule has 0 saturated carbocycles. The van der Waals surface area contributed by atoms with Gasteiger partial charge in [-0.1, -0.05) is 13.8 Å². The van der Waals surface area contributed by atoms with Crippen LogP contribution in [0.3, 0.4) is 0 Å². The Kier molecular flexibility index (Phi) is 4.70. The van der Waals surface area contributed by atoms with Gasteiger partial charge in [-0.25, -0.2) is 0 Å². The van der Waals surface area contributed by atoms with Gasteiger partial charge in [-0.3, -0.25) is 0 Å². The van der Waals surface area contributed by atoms with Crippen LogP contribution in [0.1, 0.15) is 31.8 Å². The molecule has 80 valence electrons. The van der Waals surface area contributed by atoms with Gasteiger partial charge in [-0.2, -0.15) is 0 Å². The lowest BCUT2D eigenvalue weighted by atomic mass is 10.1. The summed E-state index contributed by atoms with van der Waals surface area (Å²) in [6.45, 7) is 6.14. The molecule has 0 aromatic carbocycles. The van der Waals surface area contributed by atoms with Crippen molar-refractivity contribution in [2.75, 3.05) is 6.54 Å². The number of nitrogens with one attached hydrogen (secondary N) is 1. The van der Waals surface area contributed by atoms with Crippen molar-refractivity contribution < 1.29 is 9.52 Å². The molecule has 0 radical (unpaired) electrons. The van der Waals surface area contributed by atoms with Crippen LogP contribution in [0.25, 0.3) is 0 Å². The number of rotatable bonds is 6. The van der Waals surface area contributed by atoms with E-state index in [4.69, 9.17) is 9.52 Å². The van der Waals surface area contributed by atoms with Crippen LogP contribution in [0.15, 0.2) is 16.5 Å². The van der Waals surface area contributed by atoms with Gasteiger partial charge in [0.15, 0.2) is 0 Å². The Morgan fingerprint density at radius 3 is 2.64 bits per heavy atom. The smallest absolute Gasteiger partial charge is 0.129 e. The van der Waals surface area contributed by atoms with Crippen molar-refractivity contribution in [3.05, 3.63) is 23.7 Å². The maximum absolute atomic E-state index is 8.78. The fourth-order valence-electron chi connectivity index (χ4n) is 1.20. The lowest BCUT2D eigenvalue weighted by Gasteiger charge is -2.04. The van der Waals surface area contributed by atoms with E-state index in [0.29, 0.717) is 5.76 Å². The van der Waals surface area contributed by atoms with E-state index in [-0.39, 0.29) is 6.61 Å². The van der Waals surface area contributed by atoms with Gasteiger partial charge in [-0.05, 0) is 31.0 Å². The number of aliphatic hydroxyl groups is 1. The van der Waals surface area contributed by atoms with Crippen LogP contribution in [-0.2, 0) is 13.2 Å². The minimum Gasteiger partial charge on any atom is -0.462 e. The first-order valence-corrected chi connectivity index (χ1v) is 5.11. The molecule has 0 aliphatic heterocycles. The Bertz CT molecular complexity index is 256. The zero-order chi connectivity index (χ0) is 10.4. The summed E-state index contributed by atoms with van der Waals surface area (Å²) >= 11 is 0. The Labute approximate surface area is 85.1 Å². The molecule has 0 bridgehead atoms. The third-order valence-corrected chi connectivity index (χ3v) is 2.07. The van der Waals surface area contributed by atoms with Gasteiger partial charge in [0, 0.05) is 0 Å². The lowest BCUT2D eigenvalue weighted by Crippen LogP contribution is -2.15. The third-order valence-electron chi connectivity index (χ3n) is 2.07. The highest BCUT2D eigenvalue weighted by Crippen LogP contribution is 2.07. The van der Waals surface area contributed by atoms with E-state index in [9.17, 15) is 0 Å². The first kappa shape index (κ1) is 11.3. The van der Waals surface area contributed by atoms with Crippen LogP contribution in [0.5, 0.6) is 0 Å². The molecule has 1 heterocycles. The van der Waals surface area contributed by atoms with E-state index in [1.807, 2.05) is 6.07 Å². The molecule has 0 fully saturated rings. The summed E-state index contributed by atoms with van der Waals surface area (Å²) in [4.78, 5) is 0. The average molecular weight is 197 g/mol. The first-order chi connectivity index (χ1) is 6.72. The maximum atomic E-state index is 8.78. The molecule has 0 aliphatic rings. The second-order valence-corrected chi connectivity index (χ2v) is 3.89. The molecule has 0 aliphatic carbocycles. The Hall–Kier alpha value is -0.800. The molecular formula is C11H19NO2. The highest BCUT2D eigenvalue weighted by Gasteiger charge is 2.00. The summed E-state index contributed by atoms with van der Waals surface area (Å²) in [5.74, 6) is 2.25. The van der Waals surface area contributed by atoms with Gasteiger partial charge in [0.1, 0.15) is 18.1 Å². The van der Waals surface area contributed by atoms with Crippen molar-refractivity contribution in [2.24, 2.45) is 5.92 Å². The second kappa shape index (κ2) is 5.83. The minimum absolute atomic E-state index is 0.0218. The zero-order valence-electron chi connectivity index (χ0n) is 8.92. The van der Waals surface area contributed by atoms with Crippen molar-refractivity contribution >= 4 is 0 Å². The van der Waals surface area contributed by atoms with Crippen molar-refractivity contribution in [2.45, 2.75) is 33.4 Å². The molecule has 3 nitrogen and oxygen atoms in total. The number of hydrogen-bond donors (Lipinski definition) is 2. The summed E-state index contributed by atoms with van der Waals surface area (Å²) in [5.41, 5.74) is 0. The molecule has 2 N–H and O–H groups in total. The highest BCUT2D eigenvalue weighted by atomic mass is 16.4. The average Bonchev–Trinajstić information content (AvgIpc) is 2.60. The van der Waals surface area contributed by atoms with Gasteiger partial charge >= 0.3 is 0 Å². The van der Waals surface area contributed by atoms with E-state index in [1.54, 1.807) is 6.07 Å². The SMILES string of the molecule is CC(C)CCNCc1ccc(CO)o1. The quantitative estimate of drug-likeness (QED) is 0.685. The summed E-state index contributed by atoms with van der Waals surface area (Å²) in [7, 11) is 0. The summed E-state index contributed by atoms with van der Waals surface area (Å²) < 4.78 is 5.33. The summed E-state index contributed by atoms with van der Waals surface area (Å²) in [6.07, 6.45) is 1.17. The summed E-state index contributed by atoms with van der Waals surface area (Å²) in [6, 6.07) is 3.70. The van der Waals surface area contributed by atoms with E-state index >= 15 is 0 Å². The monoisotopic (exact) mass is 197 g/mol. The Morgan fingerprint density at radius 1 is 1.36 bits per heavy atom. The minimum atomic E-state index is -0.0218. The zero-order valence-corrected chi connectivity index (χ0v) is 8.92. The Balaban J connectivity index is 2.18. The van der Waals surface area contributed by atoms with Crippen molar-refractivity contribution in [3.8, 4) is 0 Å². The fourth-order valence-corrected chi connectivity index (χ4v) is 1.20. The van der Waals surface area contributed by atoms with E-state index in [2.05, 4.69) is 19.2 Å². The molecular weight excluding hydrogens is 178 g/mol. The Morgan fingerprint density at radius 2 is 2.07 bits per heavy atom. The largest absolute Gasteiger partial charge is 0.462 e. The van der Waals surface area contributed by atoms with Crippen molar-refractivity contribution in [1.29, 1.82) is 0 Å². The van der Waals surface area contributed by atoms with Gasteiger partial charge < -0.3 is 14.8 Å². The predicted molar refractivity (Wildman–Crippen MR) is 55.8 cm³/mol. The van der Waals surface area contributed by atoms with Gasteiger partial charge in [0.05, 0.1) is 6.54 Å². The normalized spacial score (nSPS) is 11.1. The molecule has 0 atom stereocenters. The van der Waals surface area contributed by atoms with Crippen LogP contribution in [0.4, 0.5) is 0 Å². The number of furan rings is 1. The van der Waals surface area contributed by atoms with E-state index in [0.717, 1.165) is 24.8 Å². The summed E-state index contributed by atoms with van der Waals surface area (Å²) in [5, 5.41) is 12.1. The first-order valence-electron chi connectivity index (χ1n) is 5.11. The van der Waals surface area contributed by atoms with Crippen LogP contribution in [0, 0.1) is 5.92 Å². The topological polar surface area (TPSA) is 45.4 Å². The van der Waals surface area contributed by atoms with Crippen LogP contribution >= 0.6 is 0 Å². The molecule has 0 amide bonds. The van der Waals surface area contributed by atoms with Crippen molar-refractivity contribution in [1.82, 2.24) is 5.32 Å². The predicted octanol–water partition coefficient (Wildman–Crippen LogP) is 1.91. The molecule has 14 heavy (non-hydrogen) atoms. The van der Waals surface area contributed by atoms with Crippen molar-refractivity contribution in [3.63, 3.8) is 0 Å². The number of aliphatic hydroxyl groups excluding tert-OH is 1. The number of hydrogen-bond acceptors (Lipinski definition) is 3. The second-order valence-electron chi connectivity index (χ2n) is 3.89. The van der Waals surface area contributed by atoms with Gasteiger partial charge in [0.2, 0.25) is 0 Å². The maximum Gasteiger partial charge on any atom is 0.129 e. The highest BCUT2D eigenvalue weighted by molar-refractivity contribution is 5.05. The third kappa shape index (κ3) is 3.94. The molecule has 1 rings (SSSR count). The molecule has 1 aromatic rings. The molecule has 0 unspecified atom stereocenters. The van der Waals surface area contributed by atoms with Gasteiger partial charge in [-0.15, -0.1) is 0 Å². The lowest BCUT2D eigenvalue weighted by molar-refractivity contribution is 0.242. The fraction of sp³-hybridized carbons (Fsp3) is 0.636. The van der Waals surface area contributed by atoms with E-state index in [1.165, 1.54) is 6.42 Å². The van der Waals surface area contributed by atoms with Gasteiger partial charge in [0.25, 0.3) is 0 Å². The molecule has 0 spiro atoms. The molecule has 3 heteroatoms. The van der Waals surface area contributed by atoms with Crippen LogP contribution < -0.4 is 5.32 Å². The van der Waals surface area contributed by atoms with Crippen LogP contribution in [0.2, 0.25) is 0 Å². The van der Waals surface area contributed by atoms with Crippen LogP contribution in [-0.4, -0.2) is 11.7 Å². The standard InChI is InChI=1S/C11H19NO2/c1-9(2)5-6-12-7-10-3-4-11(8-13)14-10/h3-4,9,12-13H,5-8H2,1-2H3. The van der Waals surface area contributed by atoms with E-state index < -0.39 is 0 Å². The molecule has 0 saturated heterocycles.